The number of methoxy groups -OCH3 is 1. The number of fused-ring (bicyclic) bond motifs is 1. The van der Waals surface area contributed by atoms with Crippen molar-refractivity contribution in [1.82, 2.24) is 24.4 Å². The van der Waals surface area contributed by atoms with E-state index in [2.05, 4.69) is 21.6 Å². The van der Waals surface area contributed by atoms with Crippen molar-refractivity contribution in [1.29, 1.82) is 0 Å². The van der Waals surface area contributed by atoms with Crippen LogP contribution in [0, 0.1) is 6.92 Å². The summed E-state index contributed by atoms with van der Waals surface area (Å²) >= 11 is 0. The Morgan fingerprint density at radius 1 is 1.23 bits per heavy atom. The maximum atomic E-state index is 14.3. The van der Waals surface area contributed by atoms with Crippen molar-refractivity contribution in [3.8, 4) is 17.0 Å². The summed E-state index contributed by atoms with van der Waals surface area (Å²) in [5.74, 6) is 0.896. The third-order valence-electron chi connectivity index (χ3n) is 7.12. The average molecular weight is 540 g/mol. The summed E-state index contributed by atoms with van der Waals surface area (Å²) in [5.41, 5.74) is -0.589. The van der Waals surface area contributed by atoms with Gasteiger partial charge in [-0.1, -0.05) is 6.08 Å². The van der Waals surface area contributed by atoms with Crippen LogP contribution in [-0.2, 0) is 6.18 Å². The summed E-state index contributed by atoms with van der Waals surface area (Å²) in [4.78, 5) is 22.1. The summed E-state index contributed by atoms with van der Waals surface area (Å²) in [7, 11) is 1.51. The SMILES string of the molecule is C=CC(c1ccco1)N1CCN(C(=O)c2cnn3c(C(F)(F)F)c(C)c(-c4ccc(OC)cc4)nc23)[C@H](C)C1. The molecule has 1 saturated heterocycles. The molecule has 4 heterocycles. The molecule has 8 nitrogen and oxygen atoms in total. The molecule has 4 aromatic rings. The predicted octanol–water partition coefficient (Wildman–Crippen LogP) is 5.40. The first-order valence-electron chi connectivity index (χ1n) is 12.4. The van der Waals surface area contributed by atoms with Crippen LogP contribution in [-0.4, -0.2) is 63.1 Å². The van der Waals surface area contributed by atoms with Gasteiger partial charge in [0.25, 0.3) is 5.91 Å². The minimum atomic E-state index is -4.72. The van der Waals surface area contributed by atoms with Gasteiger partial charge in [0.1, 0.15) is 17.1 Å². The number of rotatable bonds is 6. The highest BCUT2D eigenvalue weighted by atomic mass is 19.4. The van der Waals surface area contributed by atoms with Crippen LogP contribution in [0.1, 0.15) is 40.3 Å². The van der Waals surface area contributed by atoms with Gasteiger partial charge >= 0.3 is 6.18 Å². The predicted molar refractivity (Wildman–Crippen MR) is 138 cm³/mol. The molecular formula is C28H28F3N5O3. The van der Waals surface area contributed by atoms with Gasteiger partial charge in [-0.25, -0.2) is 9.50 Å². The number of furan rings is 1. The molecule has 0 radical (unpaired) electrons. The molecule has 0 N–H and O–H groups in total. The summed E-state index contributed by atoms with van der Waals surface area (Å²) in [6.45, 7) is 8.61. The lowest BCUT2D eigenvalue weighted by atomic mass is 10.0. The van der Waals surface area contributed by atoms with E-state index in [1.54, 1.807) is 41.5 Å². The molecule has 204 valence electrons. The second kappa shape index (κ2) is 10.2. The second-order valence-corrected chi connectivity index (χ2v) is 9.49. The Hall–Kier alpha value is -4.12. The van der Waals surface area contributed by atoms with Crippen LogP contribution in [0.3, 0.4) is 0 Å². The minimum absolute atomic E-state index is 0.0156. The highest BCUT2D eigenvalue weighted by molar-refractivity contribution is 6.00. The number of benzene rings is 1. The maximum absolute atomic E-state index is 14.3. The molecule has 1 aliphatic heterocycles. The van der Waals surface area contributed by atoms with Crippen LogP contribution in [0.4, 0.5) is 13.2 Å². The van der Waals surface area contributed by atoms with Crippen LogP contribution in [0.15, 0.2) is 65.9 Å². The molecule has 3 aromatic heterocycles. The van der Waals surface area contributed by atoms with Gasteiger partial charge in [0.05, 0.1) is 31.3 Å². The van der Waals surface area contributed by atoms with Crippen molar-refractivity contribution in [2.24, 2.45) is 0 Å². The molecule has 1 amide bonds. The van der Waals surface area contributed by atoms with E-state index in [4.69, 9.17) is 9.15 Å². The first-order valence-corrected chi connectivity index (χ1v) is 12.4. The number of ether oxygens (including phenoxy) is 1. The van der Waals surface area contributed by atoms with Crippen LogP contribution in [0.25, 0.3) is 16.9 Å². The number of alkyl halides is 3. The third-order valence-corrected chi connectivity index (χ3v) is 7.12. The molecule has 1 fully saturated rings. The molecule has 1 unspecified atom stereocenters. The number of nitrogens with zero attached hydrogens (tertiary/aromatic N) is 5. The first kappa shape index (κ1) is 26.5. The Balaban J connectivity index is 1.51. The van der Waals surface area contributed by atoms with E-state index in [-0.39, 0.29) is 34.6 Å². The smallest absolute Gasteiger partial charge is 0.433 e. The summed E-state index contributed by atoms with van der Waals surface area (Å²) in [5, 5.41) is 3.97. The van der Waals surface area contributed by atoms with Crippen molar-refractivity contribution in [2.75, 3.05) is 26.7 Å². The minimum Gasteiger partial charge on any atom is -0.497 e. The van der Waals surface area contributed by atoms with Gasteiger partial charge in [-0.15, -0.1) is 6.58 Å². The zero-order valence-electron chi connectivity index (χ0n) is 21.8. The zero-order chi connectivity index (χ0) is 27.9. The molecule has 0 bridgehead atoms. The maximum Gasteiger partial charge on any atom is 0.433 e. The van der Waals surface area contributed by atoms with E-state index in [0.29, 0.717) is 30.9 Å². The highest BCUT2D eigenvalue weighted by Crippen LogP contribution is 2.37. The average Bonchev–Trinajstić information content (AvgIpc) is 3.58. The molecule has 39 heavy (non-hydrogen) atoms. The summed E-state index contributed by atoms with van der Waals surface area (Å²) in [6, 6.07) is 9.88. The van der Waals surface area contributed by atoms with E-state index >= 15 is 0 Å². The van der Waals surface area contributed by atoms with Gasteiger partial charge in [-0.05, 0) is 50.2 Å². The molecular weight excluding hydrogens is 511 g/mol. The van der Waals surface area contributed by atoms with Crippen LogP contribution < -0.4 is 4.74 Å². The molecule has 0 spiro atoms. The lowest BCUT2D eigenvalue weighted by Gasteiger charge is -2.42. The van der Waals surface area contributed by atoms with Crippen molar-refractivity contribution in [3.63, 3.8) is 0 Å². The van der Waals surface area contributed by atoms with Gasteiger partial charge in [0.15, 0.2) is 11.3 Å². The highest BCUT2D eigenvalue weighted by Gasteiger charge is 2.39. The van der Waals surface area contributed by atoms with Crippen molar-refractivity contribution >= 4 is 11.6 Å². The van der Waals surface area contributed by atoms with Gasteiger partial charge in [0, 0.05) is 36.8 Å². The van der Waals surface area contributed by atoms with Gasteiger partial charge in [-0.2, -0.15) is 18.3 Å². The quantitative estimate of drug-likeness (QED) is 0.306. The standard InChI is InChI=1S/C28H28F3N5O3/c1-5-22(23-7-6-14-39-23)34-12-13-35(17(2)16-34)27(37)21-15-32-36-25(28(29,30)31)18(3)24(33-26(21)36)19-8-10-20(38-4)11-9-19/h5-11,14-15,17,22H,1,12-13,16H2,2-4H3/t17-,22?/m1/s1. The molecule has 11 heteroatoms. The normalized spacial score (nSPS) is 17.4. The Labute approximate surface area is 223 Å². The van der Waals surface area contributed by atoms with Crippen molar-refractivity contribution in [2.45, 2.75) is 32.1 Å². The number of halogens is 3. The summed E-state index contributed by atoms with van der Waals surface area (Å²) in [6.07, 6.45) is -0.154. The third kappa shape index (κ3) is 4.78. The zero-order valence-corrected chi connectivity index (χ0v) is 21.8. The van der Waals surface area contributed by atoms with Crippen LogP contribution in [0.5, 0.6) is 5.75 Å². The lowest BCUT2D eigenvalue weighted by molar-refractivity contribution is -0.143. The van der Waals surface area contributed by atoms with Gasteiger partial charge in [-0.3, -0.25) is 9.69 Å². The van der Waals surface area contributed by atoms with E-state index in [1.807, 2.05) is 19.1 Å². The Morgan fingerprint density at radius 3 is 2.56 bits per heavy atom. The second-order valence-electron chi connectivity index (χ2n) is 9.49. The van der Waals surface area contributed by atoms with Crippen LogP contribution in [0.2, 0.25) is 0 Å². The lowest BCUT2D eigenvalue weighted by Crippen LogP contribution is -2.54. The Morgan fingerprint density at radius 2 is 1.97 bits per heavy atom. The number of piperazine rings is 1. The van der Waals surface area contributed by atoms with E-state index in [0.717, 1.165) is 10.3 Å². The van der Waals surface area contributed by atoms with E-state index < -0.39 is 17.8 Å². The monoisotopic (exact) mass is 539 g/mol. The topological polar surface area (TPSA) is 76.1 Å². The molecule has 0 aliphatic carbocycles. The molecule has 2 atom stereocenters. The Bertz CT molecular complexity index is 1500. The molecule has 1 aliphatic rings. The van der Waals surface area contributed by atoms with Crippen molar-refractivity contribution < 1.29 is 27.1 Å². The van der Waals surface area contributed by atoms with Crippen LogP contribution >= 0.6 is 0 Å². The largest absolute Gasteiger partial charge is 0.497 e. The van der Waals surface area contributed by atoms with Gasteiger partial charge in [0.2, 0.25) is 0 Å². The number of hydrogen-bond acceptors (Lipinski definition) is 6. The van der Waals surface area contributed by atoms with Crippen molar-refractivity contribution in [3.05, 3.63) is 84.1 Å². The van der Waals surface area contributed by atoms with Gasteiger partial charge < -0.3 is 14.1 Å². The van der Waals surface area contributed by atoms with E-state index in [1.165, 1.54) is 20.2 Å². The number of carbonyl (C=O) groups excluding carboxylic acids is 1. The van der Waals surface area contributed by atoms with E-state index in [9.17, 15) is 18.0 Å². The molecule has 5 rings (SSSR count). The number of hydrogen-bond donors (Lipinski definition) is 0. The summed E-state index contributed by atoms with van der Waals surface area (Å²) < 4.78 is 54.2. The first-order chi connectivity index (χ1) is 18.6. The fraction of sp³-hybridized carbons (Fsp3) is 0.321. The fourth-order valence-corrected chi connectivity index (χ4v) is 5.19. The number of amides is 1. The number of aromatic nitrogens is 3. The molecule has 0 saturated carbocycles. The molecule has 1 aromatic carbocycles. The Kier molecular flexibility index (Phi) is 6.94. The fourth-order valence-electron chi connectivity index (χ4n) is 5.19. The number of carbonyl (C=O) groups is 1.